The summed E-state index contributed by atoms with van der Waals surface area (Å²) in [5.41, 5.74) is 5.61. The first-order valence-corrected chi connectivity index (χ1v) is 8.24. The molecule has 5 nitrogen and oxygen atoms in total. The summed E-state index contributed by atoms with van der Waals surface area (Å²) in [5.74, 6) is 1.02. The number of carbonyl (C=O) groups excluding carboxylic acids is 2. The fourth-order valence-corrected chi connectivity index (χ4v) is 2.93. The Hall–Kier alpha value is -1.10. The first-order chi connectivity index (χ1) is 9.95. The summed E-state index contributed by atoms with van der Waals surface area (Å²) in [5, 5.41) is 2.83. The van der Waals surface area contributed by atoms with Gasteiger partial charge in [-0.15, -0.1) is 0 Å². The van der Waals surface area contributed by atoms with Crippen LogP contribution in [0.15, 0.2) is 0 Å². The number of hydrogen-bond acceptors (Lipinski definition) is 3. The lowest BCUT2D eigenvalue weighted by Gasteiger charge is -2.22. The van der Waals surface area contributed by atoms with E-state index < -0.39 is 6.04 Å². The Morgan fingerprint density at radius 3 is 2.29 bits per heavy atom. The van der Waals surface area contributed by atoms with Gasteiger partial charge < -0.3 is 16.0 Å². The quantitative estimate of drug-likeness (QED) is 0.713. The Labute approximate surface area is 128 Å². The summed E-state index contributed by atoms with van der Waals surface area (Å²) >= 11 is 0. The molecule has 0 radical (unpaired) electrons. The van der Waals surface area contributed by atoms with Gasteiger partial charge in [0.2, 0.25) is 11.8 Å². The zero-order valence-corrected chi connectivity index (χ0v) is 13.7. The van der Waals surface area contributed by atoms with Crippen molar-refractivity contribution >= 4 is 11.8 Å². The Balaban J connectivity index is 2.33. The Kier molecular flexibility index (Phi) is 7.72. The van der Waals surface area contributed by atoms with E-state index in [1.807, 2.05) is 4.90 Å². The number of amides is 2. The van der Waals surface area contributed by atoms with Gasteiger partial charge in [-0.1, -0.05) is 13.8 Å². The van der Waals surface area contributed by atoms with E-state index in [2.05, 4.69) is 19.2 Å². The van der Waals surface area contributed by atoms with Gasteiger partial charge in [-0.3, -0.25) is 9.59 Å². The molecule has 0 aromatic heterocycles. The van der Waals surface area contributed by atoms with Crippen molar-refractivity contribution in [1.29, 1.82) is 0 Å². The predicted molar refractivity (Wildman–Crippen MR) is 84.7 cm³/mol. The highest BCUT2D eigenvalue weighted by molar-refractivity contribution is 5.87. The van der Waals surface area contributed by atoms with Crippen molar-refractivity contribution in [3.63, 3.8) is 0 Å². The summed E-state index contributed by atoms with van der Waals surface area (Å²) in [7, 11) is 0. The third kappa shape index (κ3) is 6.04. The molecule has 1 heterocycles. The van der Waals surface area contributed by atoms with E-state index in [-0.39, 0.29) is 11.8 Å². The van der Waals surface area contributed by atoms with Crippen molar-refractivity contribution in [1.82, 2.24) is 10.2 Å². The van der Waals surface area contributed by atoms with E-state index in [1.165, 1.54) is 0 Å². The SMILES string of the molecule is CC(NC(=O)CCC(CCN)C(C)C)C(=O)N1CCCC1. The first kappa shape index (κ1) is 18.0. The molecular weight excluding hydrogens is 266 g/mol. The van der Waals surface area contributed by atoms with Gasteiger partial charge >= 0.3 is 0 Å². The number of carbonyl (C=O) groups is 2. The maximum Gasteiger partial charge on any atom is 0.244 e. The molecule has 21 heavy (non-hydrogen) atoms. The molecule has 0 aromatic carbocycles. The maximum absolute atomic E-state index is 12.1. The molecule has 2 amide bonds. The lowest BCUT2D eigenvalue weighted by atomic mass is 9.88. The Morgan fingerprint density at radius 2 is 1.76 bits per heavy atom. The molecule has 2 unspecified atom stereocenters. The van der Waals surface area contributed by atoms with Crippen molar-refractivity contribution in [3.8, 4) is 0 Å². The van der Waals surface area contributed by atoms with Crippen LogP contribution < -0.4 is 11.1 Å². The molecule has 0 bridgehead atoms. The fraction of sp³-hybridized carbons (Fsp3) is 0.875. The summed E-state index contributed by atoms with van der Waals surface area (Å²) < 4.78 is 0. The standard InChI is InChI=1S/C16H31N3O2/c1-12(2)14(8-9-17)6-7-15(20)18-13(3)16(21)19-10-4-5-11-19/h12-14H,4-11,17H2,1-3H3,(H,18,20). The van der Waals surface area contributed by atoms with Gasteiger partial charge in [0.25, 0.3) is 0 Å². The Morgan fingerprint density at radius 1 is 1.14 bits per heavy atom. The molecule has 0 spiro atoms. The van der Waals surface area contributed by atoms with Crippen LogP contribution in [0.4, 0.5) is 0 Å². The van der Waals surface area contributed by atoms with Crippen molar-refractivity contribution in [2.45, 2.75) is 58.9 Å². The second-order valence-corrected chi connectivity index (χ2v) is 6.44. The predicted octanol–water partition coefficient (Wildman–Crippen LogP) is 1.51. The van der Waals surface area contributed by atoms with Gasteiger partial charge in [-0.2, -0.15) is 0 Å². The number of likely N-dealkylation sites (tertiary alicyclic amines) is 1. The topological polar surface area (TPSA) is 75.4 Å². The van der Waals surface area contributed by atoms with E-state index in [0.717, 1.165) is 38.8 Å². The molecule has 1 aliphatic heterocycles. The van der Waals surface area contributed by atoms with Crippen molar-refractivity contribution in [2.75, 3.05) is 19.6 Å². The number of rotatable bonds is 8. The average molecular weight is 297 g/mol. The van der Waals surface area contributed by atoms with Gasteiger partial charge in [-0.05, 0) is 51.0 Å². The van der Waals surface area contributed by atoms with Gasteiger partial charge in [0, 0.05) is 19.5 Å². The average Bonchev–Trinajstić information content (AvgIpc) is 2.96. The van der Waals surface area contributed by atoms with Crippen molar-refractivity contribution in [2.24, 2.45) is 17.6 Å². The number of nitrogens with two attached hydrogens (primary N) is 1. The second kappa shape index (κ2) is 9.03. The maximum atomic E-state index is 12.1. The molecule has 122 valence electrons. The highest BCUT2D eigenvalue weighted by Gasteiger charge is 2.24. The number of nitrogens with zero attached hydrogens (tertiary/aromatic N) is 1. The van der Waals surface area contributed by atoms with Gasteiger partial charge in [0.1, 0.15) is 6.04 Å². The van der Waals surface area contributed by atoms with Crippen LogP contribution in [-0.2, 0) is 9.59 Å². The largest absolute Gasteiger partial charge is 0.345 e. The van der Waals surface area contributed by atoms with Crippen molar-refractivity contribution in [3.05, 3.63) is 0 Å². The molecular formula is C16H31N3O2. The van der Waals surface area contributed by atoms with Crippen LogP contribution in [0, 0.1) is 11.8 Å². The number of hydrogen-bond donors (Lipinski definition) is 2. The molecule has 0 aromatic rings. The molecule has 2 atom stereocenters. The van der Waals surface area contributed by atoms with E-state index in [4.69, 9.17) is 5.73 Å². The lowest BCUT2D eigenvalue weighted by Crippen LogP contribution is -2.46. The lowest BCUT2D eigenvalue weighted by molar-refractivity contribution is -0.135. The van der Waals surface area contributed by atoms with E-state index in [9.17, 15) is 9.59 Å². The summed E-state index contributed by atoms with van der Waals surface area (Å²) in [6, 6.07) is -0.414. The molecule has 0 saturated carbocycles. The van der Waals surface area contributed by atoms with Crippen LogP contribution >= 0.6 is 0 Å². The van der Waals surface area contributed by atoms with Crippen LogP contribution in [0.5, 0.6) is 0 Å². The highest BCUT2D eigenvalue weighted by atomic mass is 16.2. The molecule has 1 rings (SSSR count). The summed E-state index contributed by atoms with van der Waals surface area (Å²) in [6.07, 6.45) is 4.40. The zero-order valence-electron chi connectivity index (χ0n) is 13.7. The van der Waals surface area contributed by atoms with E-state index >= 15 is 0 Å². The van der Waals surface area contributed by atoms with Crippen LogP contribution in [0.25, 0.3) is 0 Å². The molecule has 1 fully saturated rings. The van der Waals surface area contributed by atoms with Gasteiger partial charge in [-0.25, -0.2) is 0 Å². The first-order valence-electron chi connectivity index (χ1n) is 8.24. The third-order valence-electron chi connectivity index (χ3n) is 4.39. The third-order valence-corrected chi connectivity index (χ3v) is 4.39. The summed E-state index contributed by atoms with van der Waals surface area (Å²) in [6.45, 7) is 8.41. The zero-order chi connectivity index (χ0) is 15.8. The molecule has 5 heteroatoms. The normalized spacial score (nSPS) is 17.9. The smallest absolute Gasteiger partial charge is 0.244 e. The van der Waals surface area contributed by atoms with E-state index in [1.54, 1.807) is 6.92 Å². The van der Waals surface area contributed by atoms with Gasteiger partial charge in [0.05, 0.1) is 0 Å². The minimum Gasteiger partial charge on any atom is -0.345 e. The van der Waals surface area contributed by atoms with Gasteiger partial charge in [0.15, 0.2) is 0 Å². The second-order valence-electron chi connectivity index (χ2n) is 6.44. The molecule has 3 N–H and O–H groups in total. The van der Waals surface area contributed by atoms with Crippen LogP contribution in [0.3, 0.4) is 0 Å². The van der Waals surface area contributed by atoms with Crippen LogP contribution in [-0.4, -0.2) is 42.4 Å². The fourth-order valence-electron chi connectivity index (χ4n) is 2.93. The minimum atomic E-state index is -0.414. The van der Waals surface area contributed by atoms with E-state index in [0.29, 0.717) is 24.8 Å². The molecule has 1 saturated heterocycles. The Bertz CT molecular complexity index is 338. The van der Waals surface area contributed by atoms with Crippen LogP contribution in [0.1, 0.15) is 52.9 Å². The van der Waals surface area contributed by atoms with Crippen LogP contribution in [0.2, 0.25) is 0 Å². The number of nitrogens with one attached hydrogen (secondary N) is 1. The highest BCUT2D eigenvalue weighted by Crippen LogP contribution is 2.20. The molecule has 0 aliphatic carbocycles. The van der Waals surface area contributed by atoms with Crippen molar-refractivity contribution < 1.29 is 9.59 Å². The monoisotopic (exact) mass is 297 g/mol. The molecule has 1 aliphatic rings. The summed E-state index contributed by atoms with van der Waals surface area (Å²) in [4.78, 5) is 26.0. The minimum absolute atomic E-state index is 0.0299.